The van der Waals surface area contributed by atoms with Gasteiger partial charge in [0.05, 0.1) is 24.3 Å². The predicted molar refractivity (Wildman–Crippen MR) is 529 cm³/mol. The lowest BCUT2D eigenvalue weighted by atomic mass is 9.84. The highest BCUT2D eigenvalue weighted by Crippen LogP contribution is 2.55. The van der Waals surface area contributed by atoms with Crippen molar-refractivity contribution in [2.24, 2.45) is 5.92 Å². The maximum Gasteiger partial charge on any atom is 0.315 e. The van der Waals surface area contributed by atoms with E-state index in [0.717, 1.165) is 38.9 Å². The van der Waals surface area contributed by atoms with Crippen LogP contribution in [0.2, 0.25) is 16.1 Å². The number of amides is 7. The smallest absolute Gasteiger partial charge is 0.315 e. The van der Waals surface area contributed by atoms with E-state index in [1.165, 1.54) is 81.1 Å². The van der Waals surface area contributed by atoms with Crippen molar-refractivity contribution in [2.45, 2.75) is 238 Å². The topological polar surface area (TPSA) is 558 Å². The van der Waals surface area contributed by atoms with Crippen molar-refractivity contribution < 1.29 is 76.5 Å². The Bertz CT molecular complexity index is 5680. The van der Waals surface area contributed by atoms with Crippen LogP contribution in [0.25, 0.3) is 0 Å². The summed E-state index contributed by atoms with van der Waals surface area (Å²) >= 11 is 1.35. The van der Waals surface area contributed by atoms with Crippen LogP contribution in [0.5, 0.6) is 0 Å². The molecule has 0 radical (unpaired) electrons. The molecule has 7 amide bonds. The van der Waals surface area contributed by atoms with Gasteiger partial charge in [-0.25, -0.2) is 52.6 Å². The van der Waals surface area contributed by atoms with Crippen molar-refractivity contribution in [3.05, 3.63) is 227 Å². The Balaban J connectivity index is 1.23. The SMILES string of the molecule is CC(=O)N[C@@H](CSC(c1ccccc1)(c1ccccc1)c1ccccc1)C(=O)N[C@@H](C)C(=O)N[C@@H](CCCNC(=N)NS(=O)(=O)c1ccc(C)cc1)C(=O)N[C@@H](CCCNC(=N)NS(=O)(=O)c1ccc(C)cc1)C(=O)N[C@@H](CCCNC(=N)NS(=O)(=O)c1ccc(C)cc1)C(=O)N[C@@H](C)C(=O)N[C@@H](CCCNC(=N)NS(=O)(=O)c1ccc(C)cc1)C(=O)O[Si](CC(C)C)(C(C)(C)C)C(C)(C)C. The summed E-state index contributed by atoms with van der Waals surface area (Å²) in [6.07, 6.45) is -1.77. The second-order valence-corrected chi connectivity index (χ2v) is 49.1. The van der Waals surface area contributed by atoms with E-state index in [1.54, 1.807) is 76.2 Å². The highest BCUT2D eigenvalue weighted by Gasteiger charge is 2.58. The van der Waals surface area contributed by atoms with Crippen molar-refractivity contribution >= 4 is 131 Å². The molecule has 0 aliphatic heterocycles. The maximum atomic E-state index is 15.5. The lowest BCUT2D eigenvalue weighted by molar-refractivity contribution is -0.141. The second-order valence-electron chi connectivity index (χ2n) is 35.8. The van der Waals surface area contributed by atoms with Gasteiger partial charge < -0.3 is 62.9 Å². The molecule has 42 heteroatoms. The number of rotatable bonds is 47. The summed E-state index contributed by atoms with van der Waals surface area (Å²) in [6, 6.07) is 41.5. The standard InChI is InChI=1S/C94H131N19O17S5Si/c1-61(2)60-136(92(10,11)12,93(13,14)15)130-87(121)79(38-28-58-102-91(98)113-135(128,129)75-53-45-65(6)46-54-75)109-82(116)67(8)103-83(117)76(35-25-55-99-88(95)110-132(122,123)72-47-39-62(3)40-48-72)107-85(119)78(37-27-57-101-90(97)112-134(126,127)74-51-43-64(5)44-52-74)108-84(118)77(36-26-56-100-89(96)111-133(124,125)73-49-41-63(4)42-50-73)106-81(115)66(7)104-86(120)80(105-68(9)114)59-131-94(69-29-19-16-20-30-69,70-31-21-17-22-32-70)71-33-23-18-24-34-71/h16-24,29-34,39-54,61,66-67,76-80H,25-28,35-38,55-60H2,1-15H3,(H,103,117)(H,104,120)(H,105,114)(H,106,115)(H,107,119)(H,108,118)(H,109,116)(H3,95,99,110)(H3,96,100,111)(H3,97,101,112)(H3,98,102,113)/t66-,67-,76-,77-,78-,79-,80-/m0/s1. The monoisotopic (exact) mass is 1990 g/mol. The number of thioether (sulfide) groups is 1. The van der Waals surface area contributed by atoms with Crippen LogP contribution in [0.1, 0.15) is 166 Å². The molecule has 0 fully saturated rings. The average Bonchev–Trinajstić information content (AvgIpc) is 0.741. The van der Waals surface area contributed by atoms with Crippen LogP contribution < -0.4 is 77.4 Å². The van der Waals surface area contributed by atoms with E-state index in [2.05, 4.69) is 77.4 Å². The molecule has 136 heavy (non-hydrogen) atoms. The molecule has 36 nitrogen and oxygen atoms in total. The molecule has 19 N–H and O–H groups in total. The Morgan fingerprint density at radius 1 is 0.346 bits per heavy atom. The quantitative estimate of drug-likeness (QED) is 0.00560. The maximum absolute atomic E-state index is 15.5. The Kier molecular flexibility index (Phi) is 40.7. The van der Waals surface area contributed by atoms with E-state index in [9.17, 15) is 52.8 Å². The zero-order chi connectivity index (χ0) is 101. The molecule has 0 saturated carbocycles. The zero-order valence-corrected chi connectivity index (χ0v) is 84.5. The molecule has 0 heterocycles. The highest BCUT2D eigenvalue weighted by atomic mass is 32.2. The number of aryl methyl sites for hydroxylation is 4. The highest BCUT2D eigenvalue weighted by molar-refractivity contribution is 8.00. The minimum atomic E-state index is -4.33. The first-order valence-electron chi connectivity index (χ1n) is 44.6. The van der Waals surface area contributed by atoms with Crippen LogP contribution >= 0.6 is 11.8 Å². The minimum absolute atomic E-state index is 0.0217. The fraction of sp³-hybridized carbons (Fsp3) is 0.426. The zero-order valence-electron chi connectivity index (χ0n) is 79.4. The van der Waals surface area contributed by atoms with Crippen molar-refractivity contribution in [2.75, 3.05) is 31.9 Å². The van der Waals surface area contributed by atoms with Crippen LogP contribution in [0, 0.1) is 55.2 Å². The number of sulfonamides is 4. The number of hydrogen-bond acceptors (Lipinski definition) is 22. The molecule has 7 aromatic rings. The molecule has 0 saturated heterocycles. The normalized spacial score (nSPS) is 13.6. The summed E-state index contributed by atoms with van der Waals surface area (Å²) in [7, 11) is -20.4. The Labute approximate surface area is 804 Å². The van der Waals surface area contributed by atoms with E-state index in [4.69, 9.17) is 26.1 Å². The van der Waals surface area contributed by atoms with Gasteiger partial charge in [0.15, 0.2) is 0 Å². The third-order valence-corrected chi connectivity index (χ3v) is 36.1. The lowest BCUT2D eigenvalue weighted by Gasteiger charge is -2.51. The first kappa shape index (κ1) is 111. The van der Waals surface area contributed by atoms with Gasteiger partial charge in [0.2, 0.25) is 65.2 Å². The fourth-order valence-electron chi connectivity index (χ4n) is 15.1. The van der Waals surface area contributed by atoms with Gasteiger partial charge in [-0.3, -0.25) is 60.0 Å². The molecule has 7 aromatic carbocycles. The van der Waals surface area contributed by atoms with E-state index < -0.39 is 183 Å². The molecule has 7 rings (SSSR count). The molecule has 0 spiro atoms. The molecule has 0 unspecified atom stereocenters. The molecule has 738 valence electrons. The van der Waals surface area contributed by atoms with E-state index in [0.29, 0.717) is 6.04 Å². The first-order chi connectivity index (χ1) is 63.8. The van der Waals surface area contributed by atoms with Gasteiger partial charge in [-0.1, -0.05) is 217 Å². The van der Waals surface area contributed by atoms with E-state index in [-0.39, 0.29) is 102 Å². The number of carbonyl (C=O) groups is 8. The minimum Gasteiger partial charge on any atom is -0.516 e. The van der Waals surface area contributed by atoms with Gasteiger partial charge in [0.25, 0.3) is 48.4 Å². The molecular weight excluding hydrogens is 1860 g/mol. The van der Waals surface area contributed by atoms with Crippen molar-refractivity contribution in [1.82, 2.24) is 77.4 Å². The number of hydrogen-bond donors (Lipinski definition) is 19. The van der Waals surface area contributed by atoms with Crippen LogP contribution in [0.15, 0.2) is 208 Å². The first-order valence-corrected chi connectivity index (χ1v) is 53.6. The molecule has 7 atom stereocenters. The number of benzene rings is 7. The molecule has 0 aromatic heterocycles. The Morgan fingerprint density at radius 3 is 0.860 bits per heavy atom. The summed E-state index contributed by atoms with van der Waals surface area (Å²) < 4.78 is 122. The Hall–Kier alpha value is -12.3. The van der Waals surface area contributed by atoms with Crippen molar-refractivity contribution in [1.29, 1.82) is 21.6 Å². The van der Waals surface area contributed by atoms with E-state index >= 15 is 19.2 Å². The van der Waals surface area contributed by atoms with Gasteiger partial charge >= 0.3 is 5.97 Å². The predicted octanol–water partition coefficient (Wildman–Crippen LogP) is 8.28. The van der Waals surface area contributed by atoms with Crippen molar-refractivity contribution in [3.63, 3.8) is 0 Å². The summed E-state index contributed by atoms with van der Waals surface area (Å²) in [5.74, 6) is -10.0. The van der Waals surface area contributed by atoms with Crippen molar-refractivity contribution in [3.8, 4) is 0 Å². The third-order valence-electron chi connectivity index (χ3n) is 22.3. The van der Waals surface area contributed by atoms with Gasteiger partial charge in [0, 0.05) is 38.9 Å². The lowest BCUT2D eigenvalue weighted by Crippen LogP contribution is -2.60. The number of guanidine groups is 4. The van der Waals surface area contributed by atoms with Crippen LogP contribution in [0.3, 0.4) is 0 Å². The van der Waals surface area contributed by atoms with Crippen LogP contribution in [-0.2, 0) is 87.6 Å². The Morgan fingerprint density at radius 2 is 0.596 bits per heavy atom. The number of carbonyl (C=O) groups excluding carboxylic acids is 8. The van der Waals surface area contributed by atoms with Gasteiger partial charge in [-0.05, 0) is 180 Å². The summed E-state index contributed by atoms with van der Waals surface area (Å²) in [4.78, 5) is 119. The fourth-order valence-corrected chi connectivity index (χ4v) is 26.3. The average molecular weight is 1990 g/mol. The summed E-state index contributed by atoms with van der Waals surface area (Å²) in [5.41, 5.74) is 5.61. The van der Waals surface area contributed by atoms with Gasteiger partial charge in [0.1, 0.15) is 42.3 Å². The molecule has 0 aliphatic rings. The summed E-state index contributed by atoms with van der Waals surface area (Å²) in [5, 5.41) is 62.6. The third kappa shape index (κ3) is 33.1. The van der Waals surface area contributed by atoms with E-state index in [1.807, 2.05) is 146 Å². The van der Waals surface area contributed by atoms with Gasteiger partial charge in [-0.2, -0.15) is 0 Å². The number of nitrogens with one attached hydrogen (secondary N) is 19. The molecule has 0 aliphatic carbocycles. The van der Waals surface area contributed by atoms with Crippen LogP contribution in [-0.4, -0.2) is 187 Å². The molecule has 0 bridgehead atoms. The summed E-state index contributed by atoms with van der Waals surface area (Å²) in [6.45, 7) is 25.9. The molecular formula is C94H131N19O17S5Si. The van der Waals surface area contributed by atoms with Crippen LogP contribution in [0.4, 0.5) is 0 Å². The van der Waals surface area contributed by atoms with Gasteiger partial charge in [-0.15, -0.1) is 11.8 Å². The second kappa shape index (κ2) is 50.0. The largest absolute Gasteiger partial charge is 0.516 e.